The zero-order chi connectivity index (χ0) is 23.8. The number of rotatable bonds is 4. The van der Waals surface area contributed by atoms with E-state index >= 15 is 4.39 Å². The molecule has 0 aliphatic rings. The second-order valence-electron chi connectivity index (χ2n) is 8.90. The lowest BCUT2D eigenvalue weighted by atomic mass is 9.95. The molecule has 2 heterocycles. The second kappa shape index (κ2) is 8.75. The van der Waals surface area contributed by atoms with E-state index in [1.807, 2.05) is 50.4 Å². The topological polar surface area (TPSA) is 8.81 Å². The number of para-hydroxylation sites is 1. The van der Waals surface area contributed by atoms with Crippen molar-refractivity contribution in [3.63, 3.8) is 0 Å². The Bertz CT molecular complexity index is 1420. The van der Waals surface area contributed by atoms with Gasteiger partial charge >= 0.3 is 0 Å². The Labute approximate surface area is 200 Å². The highest BCUT2D eigenvalue weighted by Gasteiger charge is 2.26. The molecule has 0 fully saturated rings. The highest BCUT2D eigenvalue weighted by atomic mass is 19.1. The summed E-state index contributed by atoms with van der Waals surface area (Å²) in [6.45, 7) is 6.19. The van der Waals surface area contributed by atoms with Crippen molar-refractivity contribution in [2.24, 2.45) is 7.05 Å². The first-order chi connectivity index (χ1) is 16.5. The lowest BCUT2D eigenvalue weighted by Gasteiger charge is -2.19. The Morgan fingerprint density at radius 3 is 1.76 bits per heavy atom. The van der Waals surface area contributed by atoms with Crippen molar-refractivity contribution in [3.8, 4) is 39.3 Å². The van der Waals surface area contributed by atoms with Crippen molar-refractivity contribution in [2.45, 2.75) is 20.8 Å². The lowest BCUT2D eigenvalue weighted by molar-refractivity contribution is -0.661. The number of pyridine rings is 1. The van der Waals surface area contributed by atoms with Crippen LogP contribution in [-0.4, -0.2) is 4.57 Å². The summed E-state index contributed by atoms with van der Waals surface area (Å²) in [6, 6.07) is 30.4. The maximum absolute atomic E-state index is 15.9. The van der Waals surface area contributed by atoms with Crippen LogP contribution in [0, 0.1) is 26.7 Å². The molecule has 5 rings (SSSR count). The van der Waals surface area contributed by atoms with Crippen molar-refractivity contribution >= 4 is 0 Å². The van der Waals surface area contributed by atoms with E-state index < -0.39 is 0 Å². The Morgan fingerprint density at radius 2 is 1.21 bits per heavy atom. The van der Waals surface area contributed by atoms with Crippen molar-refractivity contribution in [2.75, 3.05) is 0 Å². The Morgan fingerprint density at radius 1 is 0.647 bits per heavy atom. The van der Waals surface area contributed by atoms with Gasteiger partial charge in [-0.05, 0) is 49.1 Å². The molecule has 3 aromatic carbocycles. The summed E-state index contributed by atoms with van der Waals surface area (Å²) < 4.78 is 19.8. The molecule has 2 aromatic heterocycles. The van der Waals surface area contributed by atoms with Gasteiger partial charge in [0.2, 0.25) is 5.69 Å². The highest BCUT2D eigenvalue weighted by Crippen LogP contribution is 2.39. The van der Waals surface area contributed by atoms with Crippen molar-refractivity contribution in [1.82, 2.24) is 4.57 Å². The lowest BCUT2D eigenvalue weighted by Crippen LogP contribution is -2.32. The first-order valence-corrected chi connectivity index (χ1v) is 11.5. The zero-order valence-electron chi connectivity index (χ0n) is 20.0. The maximum atomic E-state index is 15.9. The highest BCUT2D eigenvalue weighted by molar-refractivity contribution is 5.87. The molecule has 0 bridgehead atoms. The summed E-state index contributed by atoms with van der Waals surface area (Å²) in [6.07, 6.45) is 2.11. The van der Waals surface area contributed by atoms with Crippen LogP contribution in [0.4, 0.5) is 4.39 Å². The number of benzene rings is 3. The average molecular weight is 448 g/mol. The summed E-state index contributed by atoms with van der Waals surface area (Å²) in [4.78, 5) is 0. The summed E-state index contributed by atoms with van der Waals surface area (Å²) >= 11 is 0. The summed E-state index contributed by atoms with van der Waals surface area (Å²) in [7, 11) is 2.03. The zero-order valence-corrected chi connectivity index (χ0v) is 20.0. The predicted octanol–water partition coefficient (Wildman–Crippen LogP) is 7.37. The van der Waals surface area contributed by atoms with E-state index in [4.69, 9.17) is 0 Å². The number of hydrogen-bond acceptors (Lipinski definition) is 0. The van der Waals surface area contributed by atoms with Crippen LogP contribution in [0.1, 0.15) is 16.7 Å². The Hall–Kier alpha value is -3.98. The van der Waals surface area contributed by atoms with Crippen molar-refractivity contribution in [1.29, 1.82) is 0 Å². The van der Waals surface area contributed by atoms with Gasteiger partial charge in [-0.1, -0.05) is 78.9 Å². The summed E-state index contributed by atoms with van der Waals surface area (Å²) in [5.74, 6) is -0.272. The van der Waals surface area contributed by atoms with Gasteiger partial charge in [-0.25, -0.2) is 0 Å². The molecule has 3 heteroatoms. The second-order valence-corrected chi connectivity index (χ2v) is 8.90. The van der Waals surface area contributed by atoms with Crippen LogP contribution in [0.5, 0.6) is 0 Å². The van der Waals surface area contributed by atoms with Crippen LogP contribution in [0.25, 0.3) is 39.3 Å². The summed E-state index contributed by atoms with van der Waals surface area (Å²) in [5, 5.41) is 0. The van der Waals surface area contributed by atoms with Gasteiger partial charge in [0.1, 0.15) is 12.7 Å². The molecule has 0 aliphatic carbocycles. The molecule has 168 valence electrons. The Balaban J connectivity index is 1.90. The smallest absolute Gasteiger partial charge is 0.229 e. The van der Waals surface area contributed by atoms with E-state index in [2.05, 4.69) is 73.1 Å². The number of halogens is 1. The van der Waals surface area contributed by atoms with Crippen molar-refractivity contribution < 1.29 is 8.96 Å². The number of aromatic nitrogens is 2. The van der Waals surface area contributed by atoms with Crippen molar-refractivity contribution in [3.05, 3.63) is 120 Å². The van der Waals surface area contributed by atoms with Crippen LogP contribution in [0.2, 0.25) is 0 Å². The average Bonchev–Trinajstić information content (AvgIpc) is 3.15. The van der Waals surface area contributed by atoms with E-state index in [0.29, 0.717) is 0 Å². The van der Waals surface area contributed by atoms with Gasteiger partial charge in [0.05, 0.1) is 5.69 Å². The van der Waals surface area contributed by atoms with E-state index in [1.54, 1.807) is 10.6 Å². The Kier molecular flexibility index (Phi) is 5.62. The molecule has 2 nitrogen and oxygen atoms in total. The third-order valence-corrected chi connectivity index (χ3v) is 6.56. The third kappa shape index (κ3) is 3.73. The molecule has 0 amide bonds. The van der Waals surface area contributed by atoms with Gasteiger partial charge < -0.3 is 0 Å². The van der Waals surface area contributed by atoms with E-state index in [9.17, 15) is 0 Å². The monoisotopic (exact) mass is 447 g/mol. The standard InChI is InChI=1S/C31H28FN2/c1-21-18-28(33(4)20-23(21)3)30-22(2)19-29(32)34(30)31-26(24-12-7-5-8-13-24)16-11-17-27(31)25-14-9-6-10-15-25/h5-20H,1-4H3/q+1. The van der Waals surface area contributed by atoms with Crippen LogP contribution >= 0.6 is 0 Å². The van der Waals surface area contributed by atoms with Gasteiger partial charge in [-0.15, -0.1) is 0 Å². The van der Waals surface area contributed by atoms with E-state index in [0.717, 1.165) is 44.9 Å². The molecule has 0 radical (unpaired) electrons. The fourth-order valence-corrected chi connectivity index (χ4v) is 4.73. The number of nitrogens with zero attached hydrogens (tertiary/aromatic N) is 2. The molecule has 0 unspecified atom stereocenters. The van der Waals surface area contributed by atoms with Gasteiger partial charge in [0.25, 0.3) is 0 Å². The van der Waals surface area contributed by atoms with Gasteiger partial charge in [0, 0.05) is 22.8 Å². The summed E-state index contributed by atoms with van der Waals surface area (Å²) in [5.41, 5.74) is 10.1. The molecule has 0 atom stereocenters. The third-order valence-electron chi connectivity index (χ3n) is 6.56. The fourth-order valence-electron chi connectivity index (χ4n) is 4.73. The van der Waals surface area contributed by atoms with Gasteiger partial charge in [-0.3, -0.25) is 4.57 Å². The first-order valence-electron chi connectivity index (χ1n) is 11.5. The minimum atomic E-state index is -0.272. The molecule has 0 N–H and O–H groups in total. The normalized spacial score (nSPS) is 11.1. The molecule has 0 aliphatic heterocycles. The number of aryl methyl sites for hydroxylation is 4. The minimum Gasteiger partial charge on any atom is -0.279 e. The minimum absolute atomic E-state index is 0.272. The fraction of sp³-hybridized carbons (Fsp3) is 0.129. The molecule has 0 saturated carbocycles. The van der Waals surface area contributed by atoms with Gasteiger partial charge in [-0.2, -0.15) is 8.96 Å². The van der Waals surface area contributed by atoms with Crippen LogP contribution in [0.3, 0.4) is 0 Å². The largest absolute Gasteiger partial charge is 0.279 e. The maximum Gasteiger partial charge on any atom is 0.229 e. The molecular weight excluding hydrogens is 419 g/mol. The SMILES string of the molecule is Cc1cc(-c2c(C)cc(F)n2-c2c(-c3ccccc3)cccc2-c2ccccc2)[n+](C)cc1C. The van der Waals surface area contributed by atoms with Gasteiger partial charge in [0.15, 0.2) is 12.1 Å². The molecular formula is C31H28FN2+. The molecule has 0 spiro atoms. The van der Waals surface area contributed by atoms with E-state index in [1.165, 1.54) is 11.1 Å². The van der Waals surface area contributed by atoms with Crippen LogP contribution in [0.15, 0.2) is 97.2 Å². The first kappa shape index (κ1) is 21.8. The quantitative estimate of drug-likeness (QED) is 0.254. The number of hydrogen-bond donors (Lipinski definition) is 0. The molecule has 5 aromatic rings. The predicted molar refractivity (Wildman–Crippen MR) is 137 cm³/mol. The van der Waals surface area contributed by atoms with E-state index in [-0.39, 0.29) is 5.95 Å². The molecule has 34 heavy (non-hydrogen) atoms. The van der Waals surface area contributed by atoms with Crippen LogP contribution < -0.4 is 4.57 Å². The van der Waals surface area contributed by atoms with Crippen LogP contribution in [-0.2, 0) is 7.05 Å². The molecule has 0 saturated heterocycles.